The minimum atomic E-state index is -0.414. The molecule has 1 heterocycles. The van der Waals surface area contributed by atoms with Gasteiger partial charge in [-0.3, -0.25) is 14.5 Å². The molecule has 6 nitrogen and oxygen atoms in total. The summed E-state index contributed by atoms with van der Waals surface area (Å²) in [5.74, 6) is 0.368. The van der Waals surface area contributed by atoms with Crippen LogP contribution in [0.1, 0.15) is 20.3 Å². The number of carbonyl (C=O) groups is 2. The van der Waals surface area contributed by atoms with Crippen molar-refractivity contribution in [2.75, 3.05) is 26.2 Å². The van der Waals surface area contributed by atoms with Crippen molar-refractivity contribution >= 4 is 11.8 Å². The van der Waals surface area contributed by atoms with Gasteiger partial charge in [-0.25, -0.2) is 0 Å². The van der Waals surface area contributed by atoms with Gasteiger partial charge in [0.25, 0.3) is 0 Å². The Morgan fingerprint density at radius 2 is 1.96 bits per heavy atom. The van der Waals surface area contributed by atoms with Crippen molar-refractivity contribution in [3.63, 3.8) is 0 Å². The molecule has 2 rings (SSSR count). The van der Waals surface area contributed by atoms with E-state index in [-0.39, 0.29) is 17.9 Å². The highest BCUT2D eigenvalue weighted by Crippen LogP contribution is 2.14. The lowest BCUT2D eigenvalue weighted by Crippen LogP contribution is -2.61. The van der Waals surface area contributed by atoms with Gasteiger partial charge in [0.05, 0.1) is 13.0 Å². The van der Waals surface area contributed by atoms with E-state index < -0.39 is 6.04 Å². The normalized spacial score (nSPS) is 18.9. The van der Waals surface area contributed by atoms with Gasteiger partial charge in [-0.15, -0.1) is 0 Å². The molecule has 1 aromatic carbocycles. The average molecular weight is 319 g/mol. The van der Waals surface area contributed by atoms with Gasteiger partial charge in [0.15, 0.2) is 0 Å². The summed E-state index contributed by atoms with van der Waals surface area (Å²) in [6.07, 6.45) is 0.294. The van der Waals surface area contributed by atoms with Gasteiger partial charge in [0, 0.05) is 25.7 Å². The van der Waals surface area contributed by atoms with Crippen LogP contribution in [0.4, 0.5) is 0 Å². The Morgan fingerprint density at radius 3 is 2.57 bits per heavy atom. The monoisotopic (exact) mass is 319 g/mol. The fourth-order valence-electron chi connectivity index (χ4n) is 2.83. The summed E-state index contributed by atoms with van der Waals surface area (Å²) in [5, 5.41) is 0. The number of carbonyl (C=O) groups excluding carboxylic acids is 2. The predicted octanol–water partition coefficient (Wildman–Crippen LogP) is 0.862. The Bertz CT molecular complexity index is 533. The summed E-state index contributed by atoms with van der Waals surface area (Å²) < 4.78 is 5.55. The Balaban J connectivity index is 1.84. The van der Waals surface area contributed by atoms with Crippen LogP contribution < -0.4 is 10.5 Å². The van der Waals surface area contributed by atoms with E-state index in [1.807, 2.05) is 49.1 Å². The highest BCUT2D eigenvalue weighted by Gasteiger charge is 2.34. The van der Waals surface area contributed by atoms with Gasteiger partial charge >= 0.3 is 0 Å². The number of hydrogen-bond donors (Lipinski definition) is 1. The van der Waals surface area contributed by atoms with Gasteiger partial charge in [0.2, 0.25) is 11.8 Å². The van der Waals surface area contributed by atoms with Crippen LogP contribution in [0.15, 0.2) is 30.3 Å². The summed E-state index contributed by atoms with van der Waals surface area (Å²) in [6.45, 7) is 6.02. The fraction of sp³-hybridized carbons (Fsp3) is 0.529. The second-order valence-corrected chi connectivity index (χ2v) is 6.00. The lowest BCUT2D eigenvalue weighted by molar-refractivity contribution is -0.138. The number of rotatable bonds is 6. The lowest BCUT2D eigenvalue weighted by Gasteiger charge is -2.42. The zero-order chi connectivity index (χ0) is 16.8. The minimum absolute atomic E-state index is 0.00409. The number of nitrogens with two attached hydrogens (primary N) is 1. The summed E-state index contributed by atoms with van der Waals surface area (Å²) in [4.78, 5) is 27.7. The third-order valence-electron chi connectivity index (χ3n) is 4.09. The summed E-state index contributed by atoms with van der Waals surface area (Å²) in [5.41, 5.74) is 5.49. The van der Waals surface area contributed by atoms with E-state index >= 15 is 0 Å². The van der Waals surface area contributed by atoms with E-state index in [4.69, 9.17) is 10.5 Å². The summed E-state index contributed by atoms with van der Waals surface area (Å²) >= 11 is 0. The number of nitrogens with zero attached hydrogens (tertiary/aromatic N) is 2. The Morgan fingerprint density at radius 1 is 1.26 bits per heavy atom. The Kier molecular flexibility index (Phi) is 5.98. The maximum Gasteiger partial charge on any atom is 0.236 e. The molecule has 0 spiro atoms. The maximum absolute atomic E-state index is 12.3. The molecule has 1 fully saturated rings. The van der Waals surface area contributed by atoms with Crippen LogP contribution in [-0.2, 0) is 9.59 Å². The first-order chi connectivity index (χ1) is 11.0. The van der Waals surface area contributed by atoms with Gasteiger partial charge < -0.3 is 15.4 Å². The molecule has 2 N–H and O–H groups in total. The third kappa shape index (κ3) is 4.69. The van der Waals surface area contributed by atoms with Gasteiger partial charge in [0.1, 0.15) is 11.8 Å². The van der Waals surface area contributed by atoms with Crippen molar-refractivity contribution in [3.8, 4) is 5.75 Å². The number of hydrogen-bond acceptors (Lipinski definition) is 4. The molecule has 23 heavy (non-hydrogen) atoms. The molecule has 1 aromatic rings. The van der Waals surface area contributed by atoms with Crippen molar-refractivity contribution < 1.29 is 14.3 Å². The number of amides is 2. The van der Waals surface area contributed by atoms with E-state index in [9.17, 15) is 9.59 Å². The first-order valence-corrected chi connectivity index (χ1v) is 7.99. The van der Waals surface area contributed by atoms with Gasteiger partial charge in [-0.05, 0) is 26.0 Å². The van der Waals surface area contributed by atoms with Crippen molar-refractivity contribution in [1.29, 1.82) is 0 Å². The smallest absolute Gasteiger partial charge is 0.236 e. The number of para-hydroxylation sites is 1. The zero-order valence-corrected chi connectivity index (χ0v) is 13.8. The molecular weight excluding hydrogens is 294 g/mol. The van der Waals surface area contributed by atoms with Gasteiger partial charge in [-0.1, -0.05) is 18.2 Å². The molecule has 1 aliphatic heterocycles. The molecule has 0 aliphatic carbocycles. The first kappa shape index (κ1) is 17.3. The van der Waals surface area contributed by atoms with E-state index in [0.29, 0.717) is 32.7 Å². The number of piperazine rings is 1. The van der Waals surface area contributed by atoms with Crippen molar-refractivity contribution in [1.82, 2.24) is 9.80 Å². The summed E-state index contributed by atoms with van der Waals surface area (Å²) in [6, 6.07) is 9.22. The van der Waals surface area contributed by atoms with E-state index in [1.165, 1.54) is 0 Å². The minimum Gasteiger partial charge on any atom is -0.493 e. The fourth-order valence-corrected chi connectivity index (χ4v) is 2.83. The van der Waals surface area contributed by atoms with Crippen LogP contribution in [0.5, 0.6) is 5.75 Å². The molecule has 0 aromatic heterocycles. The second-order valence-electron chi connectivity index (χ2n) is 6.00. The zero-order valence-electron chi connectivity index (χ0n) is 13.8. The van der Waals surface area contributed by atoms with Crippen LogP contribution in [0.3, 0.4) is 0 Å². The van der Waals surface area contributed by atoms with E-state index in [0.717, 1.165) is 5.75 Å². The quantitative estimate of drug-likeness (QED) is 0.844. The highest BCUT2D eigenvalue weighted by atomic mass is 16.5. The molecule has 1 aliphatic rings. The Labute approximate surface area is 137 Å². The van der Waals surface area contributed by atoms with E-state index in [1.54, 1.807) is 4.90 Å². The standard InChI is InChI=1S/C17H25N3O3/c1-13(2)20-10-9-19(12-15(20)17(18)22)16(21)8-11-23-14-6-4-3-5-7-14/h3-7,13,15H,8-12H2,1-2H3,(H2,18,22)/t15-/m0/s1. The molecular formula is C17H25N3O3. The summed E-state index contributed by atoms with van der Waals surface area (Å²) in [7, 11) is 0. The molecule has 0 saturated carbocycles. The van der Waals surface area contributed by atoms with Crippen molar-refractivity contribution in [2.24, 2.45) is 5.73 Å². The molecule has 1 atom stereocenters. The van der Waals surface area contributed by atoms with Crippen LogP contribution in [0.25, 0.3) is 0 Å². The largest absolute Gasteiger partial charge is 0.493 e. The predicted molar refractivity (Wildman–Crippen MR) is 88.0 cm³/mol. The number of benzene rings is 1. The molecule has 6 heteroatoms. The highest BCUT2D eigenvalue weighted by molar-refractivity contribution is 5.82. The van der Waals surface area contributed by atoms with Crippen LogP contribution in [0.2, 0.25) is 0 Å². The topological polar surface area (TPSA) is 75.9 Å². The maximum atomic E-state index is 12.3. The molecule has 0 unspecified atom stereocenters. The molecule has 1 saturated heterocycles. The third-order valence-corrected chi connectivity index (χ3v) is 4.09. The number of primary amides is 1. The van der Waals surface area contributed by atoms with Crippen LogP contribution in [-0.4, -0.2) is 59.9 Å². The second kappa shape index (κ2) is 7.97. The van der Waals surface area contributed by atoms with Crippen molar-refractivity contribution in [3.05, 3.63) is 30.3 Å². The van der Waals surface area contributed by atoms with Crippen LogP contribution >= 0.6 is 0 Å². The molecule has 126 valence electrons. The first-order valence-electron chi connectivity index (χ1n) is 7.99. The van der Waals surface area contributed by atoms with E-state index in [2.05, 4.69) is 0 Å². The molecule has 2 amide bonds. The number of ether oxygens (including phenoxy) is 1. The lowest BCUT2D eigenvalue weighted by atomic mass is 10.1. The molecule has 0 bridgehead atoms. The Hall–Kier alpha value is -2.08. The van der Waals surface area contributed by atoms with Gasteiger partial charge in [-0.2, -0.15) is 0 Å². The SMILES string of the molecule is CC(C)N1CCN(C(=O)CCOc2ccccc2)C[C@H]1C(N)=O. The van der Waals surface area contributed by atoms with Crippen LogP contribution in [0, 0.1) is 0 Å². The average Bonchev–Trinajstić information content (AvgIpc) is 2.55. The molecule has 0 radical (unpaired) electrons. The van der Waals surface area contributed by atoms with Crippen molar-refractivity contribution in [2.45, 2.75) is 32.4 Å².